The van der Waals surface area contributed by atoms with Gasteiger partial charge in [0.15, 0.2) is 5.11 Å². The molecule has 2 aromatic rings. The van der Waals surface area contributed by atoms with Crippen molar-refractivity contribution in [1.29, 1.82) is 0 Å². The third-order valence-electron chi connectivity index (χ3n) is 4.22. The molecule has 0 bridgehead atoms. The van der Waals surface area contributed by atoms with Crippen LogP contribution in [0.5, 0.6) is 5.75 Å². The summed E-state index contributed by atoms with van der Waals surface area (Å²) in [6.07, 6.45) is 2.52. The molecule has 0 saturated carbocycles. The molecule has 3 rings (SSSR count). The van der Waals surface area contributed by atoms with Crippen molar-refractivity contribution in [2.45, 2.75) is 20.0 Å². The molecule has 150 valence electrons. The topological polar surface area (TPSA) is 84.7 Å². The highest BCUT2D eigenvalue weighted by molar-refractivity contribution is 9.10. The van der Waals surface area contributed by atoms with Crippen molar-refractivity contribution >= 4 is 50.9 Å². The molecule has 1 N–H and O–H groups in total. The van der Waals surface area contributed by atoms with Crippen molar-refractivity contribution in [3.8, 4) is 5.75 Å². The number of non-ortho nitro benzene ring substituents is 1. The molecule has 1 fully saturated rings. The van der Waals surface area contributed by atoms with Crippen LogP contribution < -0.4 is 10.1 Å². The Morgan fingerprint density at radius 2 is 2.00 bits per heavy atom. The van der Waals surface area contributed by atoms with Gasteiger partial charge in [0.25, 0.3) is 11.6 Å². The highest BCUT2D eigenvalue weighted by atomic mass is 79.9. The van der Waals surface area contributed by atoms with E-state index in [2.05, 4.69) is 21.2 Å². The average molecular weight is 476 g/mol. The molecular weight excluding hydrogens is 458 g/mol. The molecule has 0 aromatic heterocycles. The predicted molar refractivity (Wildman–Crippen MR) is 117 cm³/mol. The Morgan fingerprint density at radius 3 is 2.66 bits per heavy atom. The number of carbonyl (C=O) groups is 1. The van der Waals surface area contributed by atoms with E-state index in [9.17, 15) is 14.9 Å². The normalized spacial score (nSPS) is 15.0. The van der Waals surface area contributed by atoms with E-state index in [0.717, 1.165) is 16.5 Å². The predicted octanol–water partition coefficient (Wildman–Crippen LogP) is 4.40. The second-order valence-electron chi connectivity index (χ2n) is 6.34. The van der Waals surface area contributed by atoms with E-state index in [1.165, 1.54) is 17.0 Å². The lowest BCUT2D eigenvalue weighted by atomic mass is 10.1. The number of ether oxygens (including phenoxy) is 1. The number of benzene rings is 2. The third kappa shape index (κ3) is 4.99. The highest BCUT2D eigenvalue weighted by Gasteiger charge is 2.29. The zero-order valence-electron chi connectivity index (χ0n) is 15.6. The first kappa shape index (κ1) is 20.9. The quantitative estimate of drug-likeness (QED) is 0.276. The Bertz CT molecular complexity index is 992. The number of thiocarbonyl (C=S) groups is 1. The number of nitrogens with zero attached hydrogens (tertiary/aromatic N) is 2. The van der Waals surface area contributed by atoms with E-state index >= 15 is 0 Å². The first-order valence-electron chi connectivity index (χ1n) is 8.89. The lowest BCUT2D eigenvalue weighted by molar-refractivity contribution is -0.384. The van der Waals surface area contributed by atoms with Crippen molar-refractivity contribution in [3.63, 3.8) is 0 Å². The van der Waals surface area contributed by atoms with Gasteiger partial charge in [-0.3, -0.25) is 19.8 Å². The summed E-state index contributed by atoms with van der Waals surface area (Å²) in [4.78, 5) is 24.4. The zero-order chi connectivity index (χ0) is 21.0. The molecule has 1 aliphatic rings. The number of halogens is 1. The summed E-state index contributed by atoms with van der Waals surface area (Å²) in [6, 6.07) is 11.7. The first-order valence-corrected chi connectivity index (χ1v) is 10.1. The molecule has 0 unspecified atom stereocenters. The fraction of sp³-hybridized carbons (Fsp3) is 0.200. The summed E-state index contributed by atoms with van der Waals surface area (Å²) in [7, 11) is 0. The Hall–Kier alpha value is -2.78. The van der Waals surface area contributed by atoms with E-state index in [4.69, 9.17) is 17.0 Å². The maximum atomic E-state index is 12.6. The molecule has 0 atom stereocenters. The fourth-order valence-corrected chi connectivity index (χ4v) is 3.46. The van der Waals surface area contributed by atoms with Crippen LogP contribution in [0.3, 0.4) is 0 Å². The van der Waals surface area contributed by atoms with Gasteiger partial charge in [-0.2, -0.15) is 0 Å². The van der Waals surface area contributed by atoms with E-state index in [1.807, 2.05) is 19.1 Å². The minimum Gasteiger partial charge on any atom is -0.488 e. The Balaban J connectivity index is 1.80. The first-order chi connectivity index (χ1) is 13.9. The van der Waals surface area contributed by atoms with Crippen molar-refractivity contribution in [3.05, 3.63) is 73.9 Å². The maximum Gasteiger partial charge on any atom is 0.276 e. The zero-order valence-corrected chi connectivity index (χ0v) is 18.0. The summed E-state index contributed by atoms with van der Waals surface area (Å²) in [6.45, 7) is 2.78. The minimum atomic E-state index is -0.443. The summed E-state index contributed by atoms with van der Waals surface area (Å²) in [5, 5.41) is 14.1. The van der Waals surface area contributed by atoms with Crippen LogP contribution in [0, 0.1) is 10.1 Å². The van der Waals surface area contributed by atoms with Crippen LogP contribution in [0.25, 0.3) is 6.08 Å². The second kappa shape index (κ2) is 9.15. The minimum absolute atomic E-state index is 0.0289. The summed E-state index contributed by atoms with van der Waals surface area (Å²) in [5.41, 5.74) is 1.92. The second-order valence-corrected chi connectivity index (χ2v) is 7.64. The van der Waals surface area contributed by atoms with Gasteiger partial charge >= 0.3 is 0 Å². The number of carbonyl (C=O) groups excluding carboxylic acids is 1. The number of nitrogens with one attached hydrogen (secondary N) is 1. The van der Waals surface area contributed by atoms with Crippen molar-refractivity contribution < 1.29 is 14.5 Å². The molecule has 2 aromatic carbocycles. The van der Waals surface area contributed by atoms with Gasteiger partial charge in [-0.25, -0.2) is 0 Å². The number of hydrogen-bond acceptors (Lipinski definition) is 5. The molecule has 9 heteroatoms. The van der Waals surface area contributed by atoms with E-state index in [-0.39, 0.29) is 18.2 Å². The van der Waals surface area contributed by atoms with Gasteiger partial charge in [0.2, 0.25) is 0 Å². The Kier molecular flexibility index (Phi) is 6.60. The van der Waals surface area contributed by atoms with Crippen LogP contribution in [0.1, 0.15) is 24.5 Å². The SMILES string of the molecule is CCCN1C(=O)/C(=C/c2cc(Br)ccc2OCc2ccc([N+](=O)[O-])cc2)NC1=S. The van der Waals surface area contributed by atoms with Crippen molar-refractivity contribution in [1.82, 2.24) is 10.2 Å². The van der Waals surface area contributed by atoms with E-state index in [1.54, 1.807) is 24.3 Å². The van der Waals surface area contributed by atoms with Crippen LogP contribution >= 0.6 is 28.1 Å². The van der Waals surface area contributed by atoms with Crippen molar-refractivity contribution in [2.75, 3.05) is 6.54 Å². The van der Waals surface area contributed by atoms with Gasteiger partial charge in [0.05, 0.1) is 4.92 Å². The Morgan fingerprint density at radius 1 is 1.28 bits per heavy atom. The average Bonchev–Trinajstić information content (AvgIpc) is 2.95. The molecule has 0 aliphatic carbocycles. The molecular formula is C20H18BrN3O4S. The lowest BCUT2D eigenvalue weighted by Crippen LogP contribution is -2.31. The molecule has 1 heterocycles. The molecule has 7 nitrogen and oxygen atoms in total. The summed E-state index contributed by atoms with van der Waals surface area (Å²) < 4.78 is 6.74. The van der Waals surface area contributed by atoms with Gasteiger partial charge in [-0.05, 0) is 60.6 Å². The molecule has 29 heavy (non-hydrogen) atoms. The van der Waals surface area contributed by atoms with Crippen molar-refractivity contribution in [2.24, 2.45) is 0 Å². The van der Waals surface area contributed by atoms with Crippen LogP contribution in [0.15, 0.2) is 52.6 Å². The Labute approximate surface area is 181 Å². The molecule has 1 aliphatic heterocycles. The highest BCUT2D eigenvalue weighted by Crippen LogP contribution is 2.27. The molecule has 0 radical (unpaired) electrons. The summed E-state index contributed by atoms with van der Waals surface area (Å²) in [5.74, 6) is 0.409. The van der Waals surface area contributed by atoms with Gasteiger partial charge in [0.1, 0.15) is 18.1 Å². The number of rotatable bonds is 7. The maximum absolute atomic E-state index is 12.6. The van der Waals surface area contributed by atoms with Gasteiger partial charge < -0.3 is 10.1 Å². The van der Waals surface area contributed by atoms with E-state index in [0.29, 0.717) is 28.7 Å². The van der Waals surface area contributed by atoms with E-state index < -0.39 is 4.92 Å². The van der Waals surface area contributed by atoms with Gasteiger partial charge in [-0.1, -0.05) is 22.9 Å². The fourth-order valence-electron chi connectivity index (χ4n) is 2.79. The van der Waals surface area contributed by atoms with Crippen LogP contribution in [-0.2, 0) is 11.4 Å². The smallest absolute Gasteiger partial charge is 0.276 e. The van der Waals surface area contributed by atoms with Gasteiger partial charge in [-0.15, -0.1) is 0 Å². The van der Waals surface area contributed by atoms with Gasteiger partial charge in [0, 0.05) is 28.7 Å². The monoisotopic (exact) mass is 475 g/mol. The van der Waals surface area contributed by atoms with Crippen LogP contribution in [0.4, 0.5) is 5.69 Å². The number of nitro groups is 1. The standard InChI is InChI=1S/C20H18BrN3O4S/c1-2-9-23-19(25)17(22-20(23)29)11-14-10-15(21)5-8-18(14)28-12-13-3-6-16(7-4-13)24(26)27/h3-8,10-11H,2,9,12H2,1H3,(H,22,29)/b17-11-. The molecule has 0 spiro atoms. The third-order valence-corrected chi connectivity index (χ3v) is 5.04. The van der Waals surface area contributed by atoms with Crippen LogP contribution in [0.2, 0.25) is 0 Å². The summed E-state index contributed by atoms with van der Waals surface area (Å²) >= 11 is 8.68. The number of amides is 1. The van der Waals surface area contributed by atoms with Crippen LogP contribution in [-0.4, -0.2) is 27.4 Å². The largest absolute Gasteiger partial charge is 0.488 e. The molecule has 1 saturated heterocycles. The number of nitro benzene ring substituents is 1. The molecule has 1 amide bonds. The lowest BCUT2D eigenvalue weighted by Gasteiger charge is -2.11. The number of hydrogen-bond donors (Lipinski definition) is 1.